The van der Waals surface area contributed by atoms with Crippen molar-refractivity contribution in [3.8, 4) is 0 Å². The molecule has 27 heavy (non-hydrogen) atoms. The van der Waals surface area contributed by atoms with E-state index in [0.29, 0.717) is 11.4 Å². The van der Waals surface area contributed by atoms with Crippen LogP contribution >= 0.6 is 11.3 Å². The van der Waals surface area contributed by atoms with Crippen LogP contribution in [0.3, 0.4) is 0 Å². The van der Waals surface area contributed by atoms with E-state index in [1.165, 1.54) is 31.0 Å². The number of benzene rings is 2. The Kier molecular flexibility index (Phi) is 4.36. The highest BCUT2D eigenvalue weighted by atomic mass is 32.1. The van der Waals surface area contributed by atoms with Gasteiger partial charge in [-0.2, -0.15) is 0 Å². The van der Waals surface area contributed by atoms with Crippen molar-refractivity contribution < 1.29 is 9.72 Å². The molecule has 0 aliphatic carbocycles. The number of hydrogen-bond acceptors (Lipinski definition) is 7. The average Bonchev–Trinajstić information content (AvgIpc) is 3.30. The number of thiazole rings is 1. The van der Waals surface area contributed by atoms with E-state index in [9.17, 15) is 14.9 Å². The molecule has 0 radical (unpaired) electrons. The first-order valence-electron chi connectivity index (χ1n) is 8.52. The number of amides is 1. The second-order valence-electron chi connectivity index (χ2n) is 6.35. The van der Waals surface area contributed by atoms with Gasteiger partial charge < -0.3 is 16.0 Å². The van der Waals surface area contributed by atoms with Gasteiger partial charge in [0.25, 0.3) is 5.69 Å². The Morgan fingerprint density at radius 1 is 1.22 bits per heavy atom. The van der Waals surface area contributed by atoms with E-state index < -0.39 is 10.8 Å². The first-order valence-corrected chi connectivity index (χ1v) is 9.34. The molecule has 9 heteroatoms. The fourth-order valence-electron chi connectivity index (χ4n) is 3.13. The smallest absolute Gasteiger partial charge is 0.293 e. The van der Waals surface area contributed by atoms with Crippen LogP contribution in [-0.2, 0) is 0 Å². The molecular weight excluding hydrogens is 366 g/mol. The lowest BCUT2D eigenvalue weighted by Gasteiger charge is -2.11. The average molecular weight is 383 g/mol. The van der Waals surface area contributed by atoms with Gasteiger partial charge in [-0.15, -0.1) is 0 Å². The molecule has 1 aromatic heterocycles. The molecule has 1 amide bonds. The van der Waals surface area contributed by atoms with E-state index in [1.807, 2.05) is 18.2 Å². The summed E-state index contributed by atoms with van der Waals surface area (Å²) in [6, 6.07) is 9.80. The third kappa shape index (κ3) is 3.41. The van der Waals surface area contributed by atoms with Crippen LogP contribution in [0, 0.1) is 10.1 Å². The number of nitro groups is 1. The van der Waals surface area contributed by atoms with E-state index in [1.54, 1.807) is 11.3 Å². The summed E-state index contributed by atoms with van der Waals surface area (Å²) in [7, 11) is 0. The van der Waals surface area contributed by atoms with Crippen LogP contribution in [0.4, 0.5) is 22.2 Å². The quantitative estimate of drug-likeness (QED) is 0.513. The third-order valence-electron chi connectivity index (χ3n) is 4.51. The topological polar surface area (TPSA) is 114 Å². The zero-order chi connectivity index (χ0) is 19.0. The van der Waals surface area contributed by atoms with Crippen molar-refractivity contribution in [2.24, 2.45) is 5.73 Å². The largest absolute Gasteiger partial charge is 0.366 e. The highest BCUT2D eigenvalue weighted by Crippen LogP contribution is 2.34. The summed E-state index contributed by atoms with van der Waals surface area (Å²) in [5, 5.41) is 15.4. The molecular formula is C18H17N5O3S. The third-order valence-corrected chi connectivity index (χ3v) is 5.59. The van der Waals surface area contributed by atoms with Crippen LogP contribution in [0.15, 0.2) is 36.4 Å². The SMILES string of the molecule is NC(=O)c1ccc(Nc2ccc3nc(N4CCCC4)sc3c2)c([N+](=O)[O-])c1. The summed E-state index contributed by atoms with van der Waals surface area (Å²) in [5.41, 5.74) is 7.03. The maximum absolute atomic E-state index is 11.3. The predicted molar refractivity (Wildman–Crippen MR) is 106 cm³/mol. The zero-order valence-electron chi connectivity index (χ0n) is 14.3. The molecule has 0 unspecified atom stereocenters. The zero-order valence-corrected chi connectivity index (χ0v) is 15.2. The molecule has 2 aromatic carbocycles. The lowest BCUT2D eigenvalue weighted by Crippen LogP contribution is -2.16. The number of nitrogens with two attached hydrogens (primary N) is 1. The van der Waals surface area contributed by atoms with Crippen molar-refractivity contribution in [2.75, 3.05) is 23.3 Å². The summed E-state index contributed by atoms with van der Waals surface area (Å²) in [5.74, 6) is -0.704. The summed E-state index contributed by atoms with van der Waals surface area (Å²) in [6.07, 6.45) is 2.38. The number of nitro benzene ring substituents is 1. The van der Waals surface area contributed by atoms with Crippen LogP contribution in [0.5, 0.6) is 0 Å². The summed E-state index contributed by atoms with van der Waals surface area (Å²) >= 11 is 1.62. The van der Waals surface area contributed by atoms with Gasteiger partial charge in [0.2, 0.25) is 5.91 Å². The number of fused-ring (bicyclic) bond motifs is 1. The minimum Gasteiger partial charge on any atom is -0.366 e. The van der Waals surface area contributed by atoms with Gasteiger partial charge >= 0.3 is 0 Å². The maximum Gasteiger partial charge on any atom is 0.293 e. The number of aromatic nitrogens is 1. The van der Waals surface area contributed by atoms with Gasteiger partial charge in [-0.1, -0.05) is 11.3 Å². The van der Waals surface area contributed by atoms with Gasteiger partial charge in [0.15, 0.2) is 5.13 Å². The van der Waals surface area contributed by atoms with Gasteiger partial charge in [-0.25, -0.2) is 4.98 Å². The Hall–Kier alpha value is -3.20. The molecule has 3 N–H and O–H groups in total. The molecule has 0 atom stereocenters. The number of primary amides is 1. The fourth-order valence-corrected chi connectivity index (χ4v) is 4.19. The molecule has 0 bridgehead atoms. The molecule has 1 aliphatic rings. The molecule has 1 fully saturated rings. The standard InChI is InChI=1S/C18H17N5O3S/c19-17(24)11-3-5-13(15(9-11)23(25)26)20-12-4-6-14-16(10-12)27-18(21-14)22-7-1-2-8-22/h3-6,9-10,20H,1-2,7-8H2,(H2,19,24). The monoisotopic (exact) mass is 383 g/mol. The first kappa shape index (κ1) is 17.2. The van der Waals surface area contributed by atoms with Crippen molar-refractivity contribution in [1.82, 2.24) is 4.98 Å². The maximum atomic E-state index is 11.3. The van der Waals surface area contributed by atoms with Crippen LogP contribution in [0.1, 0.15) is 23.2 Å². The Morgan fingerprint density at radius 3 is 2.70 bits per heavy atom. The number of carbonyl (C=O) groups excluding carboxylic acids is 1. The molecule has 3 aromatic rings. The van der Waals surface area contributed by atoms with Gasteiger partial charge in [0.05, 0.1) is 15.1 Å². The molecule has 1 saturated heterocycles. The van der Waals surface area contributed by atoms with Gasteiger partial charge in [-0.3, -0.25) is 14.9 Å². The predicted octanol–water partition coefficient (Wildman–Crippen LogP) is 3.65. The van der Waals surface area contributed by atoms with E-state index in [-0.39, 0.29) is 11.3 Å². The van der Waals surface area contributed by atoms with Gasteiger partial charge in [0, 0.05) is 30.4 Å². The van der Waals surface area contributed by atoms with E-state index >= 15 is 0 Å². The molecule has 4 rings (SSSR count). The van der Waals surface area contributed by atoms with Crippen molar-refractivity contribution in [3.05, 3.63) is 52.1 Å². The number of anilines is 3. The highest BCUT2D eigenvalue weighted by molar-refractivity contribution is 7.22. The van der Waals surface area contributed by atoms with Crippen molar-refractivity contribution >= 4 is 49.7 Å². The summed E-state index contributed by atoms with van der Waals surface area (Å²) in [4.78, 5) is 29.0. The molecule has 1 aliphatic heterocycles. The Labute approximate surface area is 158 Å². The number of rotatable bonds is 5. The van der Waals surface area contributed by atoms with Crippen LogP contribution in [0.25, 0.3) is 10.2 Å². The second-order valence-corrected chi connectivity index (χ2v) is 7.36. The van der Waals surface area contributed by atoms with E-state index in [0.717, 1.165) is 28.4 Å². The lowest BCUT2D eigenvalue weighted by atomic mass is 10.1. The number of nitrogens with zero attached hydrogens (tertiary/aromatic N) is 3. The molecule has 0 spiro atoms. The summed E-state index contributed by atoms with van der Waals surface area (Å²) < 4.78 is 1.01. The van der Waals surface area contributed by atoms with Crippen molar-refractivity contribution in [3.63, 3.8) is 0 Å². The summed E-state index contributed by atoms with van der Waals surface area (Å²) in [6.45, 7) is 2.06. The van der Waals surface area contributed by atoms with Crippen molar-refractivity contribution in [2.45, 2.75) is 12.8 Å². The van der Waals surface area contributed by atoms with E-state index in [2.05, 4.69) is 15.2 Å². The van der Waals surface area contributed by atoms with Crippen LogP contribution in [0.2, 0.25) is 0 Å². The van der Waals surface area contributed by atoms with Gasteiger partial charge in [-0.05, 0) is 43.2 Å². The van der Waals surface area contributed by atoms with Gasteiger partial charge in [0.1, 0.15) is 5.69 Å². The highest BCUT2D eigenvalue weighted by Gasteiger charge is 2.18. The van der Waals surface area contributed by atoms with E-state index in [4.69, 9.17) is 5.73 Å². The van der Waals surface area contributed by atoms with Crippen molar-refractivity contribution in [1.29, 1.82) is 0 Å². The minimum atomic E-state index is -0.704. The number of hydrogen-bond donors (Lipinski definition) is 2. The Bertz CT molecular complexity index is 1040. The lowest BCUT2D eigenvalue weighted by molar-refractivity contribution is -0.383. The molecule has 0 saturated carbocycles. The fraction of sp³-hybridized carbons (Fsp3) is 0.222. The molecule has 138 valence electrons. The molecule has 8 nitrogen and oxygen atoms in total. The minimum absolute atomic E-state index is 0.0976. The number of nitrogens with one attached hydrogen (secondary N) is 1. The van der Waals surface area contributed by atoms with Crippen LogP contribution < -0.4 is 16.0 Å². The van der Waals surface area contributed by atoms with Crippen LogP contribution in [-0.4, -0.2) is 28.9 Å². The number of carbonyl (C=O) groups is 1. The normalized spacial score (nSPS) is 13.9. The second kappa shape index (κ2) is 6.84. The first-order chi connectivity index (χ1) is 13.0. The molecule has 2 heterocycles. The Morgan fingerprint density at radius 2 is 2.00 bits per heavy atom. The Balaban J connectivity index is 1.65.